The predicted octanol–water partition coefficient (Wildman–Crippen LogP) is 3.20. The van der Waals surface area contributed by atoms with Crippen molar-refractivity contribution in [1.82, 2.24) is 0 Å². The molecule has 0 aromatic rings. The van der Waals surface area contributed by atoms with E-state index in [2.05, 4.69) is 19.9 Å². The Bertz CT molecular complexity index is 275. The van der Waals surface area contributed by atoms with Crippen LogP contribution in [0.2, 0.25) is 0 Å². The maximum Gasteiger partial charge on any atom is 0.152 e. The summed E-state index contributed by atoms with van der Waals surface area (Å²) in [6.45, 7) is 6.37. The molecule has 2 saturated carbocycles. The summed E-state index contributed by atoms with van der Waals surface area (Å²) in [7, 11) is 0. The summed E-state index contributed by atoms with van der Waals surface area (Å²) >= 11 is 0. The minimum Gasteiger partial charge on any atom is -0.295 e. The van der Waals surface area contributed by atoms with Gasteiger partial charge in [0.15, 0.2) is 5.78 Å². The molecule has 0 aliphatic heterocycles. The Morgan fingerprint density at radius 3 is 2.57 bits per heavy atom. The third kappa shape index (κ3) is 1.43. The van der Waals surface area contributed by atoms with E-state index in [1.165, 1.54) is 19.3 Å². The second-order valence-electron chi connectivity index (χ2n) is 5.59. The van der Waals surface area contributed by atoms with Crippen LogP contribution in [0.25, 0.3) is 0 Å². The number of carbonyl (C=O) groups is 1. The molecule has 14 heavy (non-hydrogen) atoms. The minimum absolute atomic E-state index is 0.184. The molecule has 0 amide bonds. The van der Waals surface area contributed by atoms with E-state index in [0.29, 0.717) is 11.3 Å². The van der Waals surface area contributed by atoms with Gasteiger partial charge in [-0.15, -0.1) is 0 Å². The first-order valence-corrected chi connectivity index (χ1v) is 5.70. The Labute approximate surface area is 86.6 Å². The molecule has 3 atom stereocenters. The van der Waals surface area contributed by atoms with Gasteiger partial charge in [-0.25, -0.2) is 0 Å². The van der Waals surface area contributed by atoms with Crippen molar-refractivity contribution in [3.05, 3.63) is 12.2 Å². The zero-order valence-electron chi connectivity index (χ0n) is 9.42. The molecule has 2 rings (SSSR count). The summed E-state index contributed by atoms with van der Waals surface area (Å²) in [5.74, 6) is 2.58. The normalized spacial score (nSPS) is 39.5. The van der Waals surface area contributed by atoms with E-state index in [1.807, 2.05) is 0 Å². The van der Waals surface area contributed by atoms with E-state index in [1.54, 1.807) is 13.0 Å². The van der Waals surface area contributed by atoms with Gasteiger partial charge in [-0.1, -0.05) is 19.9 Å². The molecule has 2 bridgehead atoms. The predicted molar refractivity (Wildman–Crippen MR) is 57.9 cm³/mol. The van der Waals surface area contributed by atoms with Crippen LogP contribution < -0.4 is 0 Å². The number of hydrogen-bond donors (Lipinski definition) is 0. The first-order valence-electron chi connectivity index (χ1n) is 5.70. The lowest BCUT2D eigenvalue weighted by atomic mass is 9.68. The molecular formula is C13H20O. The van der Waals surface area contributed by atoms with Crippen molar-refractivity contribution >= 4 is 5.78 Å². The molecule has 1 heteroatoms. The highest BCUT2D eigenvalue weighted by atomic mass is 16.1. The van der Waals surface area contributed by atoms with Crippen molar-refractivity contribution in [1.29, 1.82) is 0 Å². The number of rotatable bonds is 2. The minimum atomic E-state index is 0.184. The van der Waals surface area contributed by atoms with Gasteiger partial charge >= 0.3 is 0 Å². The number of carbonyl (C=O) groups excluding carboxylic acids is 1. The largest absolute Gasteiger partial charge is 0.295 e. The summed E-state index contributed by atoms with van der Waals surface area (Å²) in [6.07, 6.45) is 8.11. The van der Waals surface area contributed by atoms with Crippen LogP contribution in [0, 0.1) is 23.2 Å². The molecule has 2 aliphatic carbocycles. The lowest BCUT2D eigenvalue weighted by Crippen LogP contribution is -2.29. The lowest BCUT2D eigenvalue weighted by Gasteiger charge is -2.36. The summed E-state index contributed by atoms with van der Waals surface area (Å²) in [4.78, 5) is 10.9. The van der Waals surface area contributed by atoms with Crippen LogP contribution in [0.3, 0.4) is 0 Å². The molecule has 2 aliphatic rings. The van der Waals surface area contributed by atoms with Crippen LogP contribution in [-0.2, 0) is 4.79 Å². The van der Waals surface area contributed by atoms with Crippen LogP contribution >= 0.6 is 0 Å². The monoisotopic (exact) mass is 192 g/mol. The van der Waals surface area contributed by atoms with Crippen LogP contribution in [0.1, 0.15) is 40.0 Å². The molecule has 0 heterocycles. The third-order valence-electron chi connectivity index (χ3n) is 4.43. The fourth-order valence-electron chi connectivity index (χ4n) is 3.54. The molecule has 3 unspecified atom stereocenters. The van der Waals surface area contributed by atoms with Gasteiger partial charge in [-0.2, -0.15) is 0 Å². The van der Waals surface area contributed by atoms with Crippen molar-refractivity contribution in [3.63, 3.8) is 0 Å². The quantitative estimate of drug-likeness (QED) is 0.614. The van der Waals surface area contributed by atoms with E-state index in [-0.39, 0.29) is 5.78 Å². The molecule has 78 valence electrons. The van der Waals surface area contributed by atoms with E-state index >= 15 is 0 Å². The summed E-state index contributed by atoms with van der Waals surface area (Å²) in [5.41, 5.74) is 0.425. The Hall–Kier alpha value is -0.590. The molecule has 0 radical (unpaired) electrons. The molecule has 0 N–H and O–H groups in total. The van der Waals surface area contributed by atoms with Crippen molar-refractivity contribution in [3.8, 4) is 0 Å². The van der Waals surface area contributed by atoms with Crippen molar-refractivity contribution in [2.75, 3.05) is 0 Å². The van der Waals surface area contributed by atoms with E-state index in [9.17, 15) is 4.79 Å². The fraction of sp³-hybridized carbons (Fsp3) is 0.769. The van der Waals surface area contributed by atoms with Gasteiger partial charge in [-0.3, -0.25) is 4.79 Å². The Kier molecular flexibility index (Phi) is 2.29. The Morgan fingerprint density at radius 1 is 1.36 bits per heavy atom. The molecule has 0 spiro atoms. The van der Waals surface area contributed by atoms with E-state index < -0.39 is 0 Å². The van der Waals surface area contributed by atoms with E-state index in [0.717, 1.165) is 11.8 Å². The average molecular weight is 192 g/mol. The topological polar surface area (TPSA) is 17.1 Å². The first-order chi connectivity index (χ1) is 6.51. The number of fused-ring (bicyclic) bond motifs is 2. The van der Waals surface area contributed by atoms with Crippen LogP contribution in [0.15, 0.2) is 12.2 Å². The van der Waals surface area contributed by atoms with Crippen LogP contribution in [0.4, 0.5) is 0 Å². The zero-order valence-corrected chi connectivity index (χ0v) is 9.42. The maximum atomic E-state index is 10.9. The second-order valence-corrected chi connectivity index (χ2v) is 5.59. The number of ketones is 1. The van der Waals surface area contributed by atoms with Gasteiger partial charge in [0.25, 0.3) is 0 Å². The summed E-state index contributed by atoms with van der Waals surface area (Å²) < 4.78 is 0. The molecule has 0 aromatic heterocycles. The summed E-state index contributed by atoms with van der Waals surface area (Å²) in [5, 5.41) is 0. The second kappa shape index (κ2) is 3.22. The molecule has 1 nitrogen and oxygen atoms in total. The van der Waals surface area contributed by atoms with Gasteiger partial charge in [0, 0.05) is 0 Å². The van der Waals surface area contributed by atoms with Crippen LogP contribution in [-0.4, -0.2) is 5.78 Å². The average Bonchev–Trinajstić information content (AvgIpc) is 2.59. The van der Waals surface area contributed by atoms with Gasteiger partial charge < -0.3 is 0 Å². The smallest absolute Gasteiger partial charge is 0.152 e. The van der Waals surface area contributed by atoms with Gasteiger partial charge in [0.05, 0.1) is 0 Å². The Morgan fingerprint density at radius 2 is 2.07 bits per heavy atom. The highest BCUT2D eigenvalue weighted by molar-refractivity contribution is 5.87. The van der Waals surface area contributed by atoms with Crippen molar-refractivity contribution < 1.29 is 4.79 Å². The Balaban J connectivity index is 2.15. The van der Waals surface area contributed by atoms with Crippen molar-refractivity contribution in [2.24, 2.45) is 23.2 Å². The third-order valence-corrected chi connectivity index (χ3v) is 4.43. The summed E-state index contributed by atoms with van der Waals surface area (Å²) in [6, 6.07) is 0. The van der Waals surface area contributed by atoms with Gasteiger partial charge in [0.2, 0.25) is 0 Å². The fourth-order valence-corrected chi connectivity index (χ4v) is 3.54. The van der Waals surface area contributed by atoms with Crippen LogP contribution in [0.5, 0.6) is 0 Å². The lowest BCUT2D eigenvalue weighted by molar-refractivity contribution is -0.112. The number of hydrogen-bond acceptors (Lipinski definition) is 1. The standard InChI is InChI=1S/C13H20O/c1-9(14)4-7-12-10-5-6-11(8-10)13(12,2)3/h4,7,10-12H,5-6,8H2,1-3H3/b7-4+. The maximum absolute atomic E-state index is 10.9. The molecular weight excluding hydrogens is 172 g/mol. The number of allylic oxidation sites excluding steroid dienone is 2. The van der Waals surface area contributed by atoms with Crippen molar-refractivity contribution in [2.45, 2.75) is 40.0 Å². The molecule has 0 aromatic carbocycles. The van der Waals surface area contributed by atoms with Gasteiger partial charge in [-0.05, 0) is 55.4 Å². The molecule has 2 fully saturated rings. The van der Waals surface area contributed by atoms with Gasteiger partial charge in [0.1, 0.15) is 0 Å². The first kappa shape index (κ1) is 9.95. The highest BCUT2D eigenvalue weighted by Gasteiger charge is 2.51. The highest BCUT2D eigenvalue weighted by Crippen LogP contribution is 2.59. The zero-order chi connectivity index (χ0) is 10.3. The SMILES string of the molecule is CC(=O)/C=C/C1C2CCC(C2)C1(C)C. The molecule has 0 saturated heterocycles. The van der Waals surface area contributed by atoms with E-state index in [4.69, 9.17) is 0 Å².